The minimum Gasteiger partial charge on any atom is -0.494 e. The monoisotopic (exact) mass is 208 g/mol. The minimum atomic E-state index is 0. The quantitative estimate of drug-likeness (QED) is 0.641. The number of hydrogen-bond acceptors (Lipinski definition) is 1. The zero-order chi connectivity index (χ0) is 10.4. The molecule has 0 aromatic heterocycles. The maximum absolute atomic E-state index is 5.58. The Bertz CT molecular complexity index is 249. The molecule has 0 aliphatic carbocycles. The molecule has 0 amide bonds. The molecule has 0 aliphatic heterocycles. The van der Waals surface area contributed by atoms with Gasteiger partial charge in [-0.3, -0.25) is 0 Å². The molecule has 0 atom stereocenters. The van der Waals surface area contributed by atoms with Crippen molar-refractivity contribution in [2.24, 2.45) is 0 Å². The summed E-state index contributed by atoms with van der Waals surface area (Å²) in [6, 6.07) is 8.41. The van der Waals surface area contributed by atoms with Crippen LogP contribution in [-0.2, 0) is 0 Å². The Hall–Kier alpha value is -0.980. The highest BCUT2D eigenvalue weighted by Gasteiger charge is 1.98. The molecule has 15 heavy (non-hydrogen) atoms. The molecule has 0 saturated heterocycles. The van der Waals surface area contributed by atoms with Crippen molar-refractivity contribution >= 4 is 0 Å². The van der Waals surface area contributed by atoms with Crippen molar-refractivity contribution in [1.29, 1.82) is 0 Å². The Labute approximate surface area is 94.5 Å². The van der Waals surface area contributed by atoms with Crippen LogP contribution in [0.25, 0.3) is 0 Å². The summed E-state index contributed by atoms with van der Waals surface area (Å²) < 4.78 is 5.58. The Balaban J connectivity index is 0.00000196. The average molecular weight is 208 g/mol. The first-order valence-corrected chi connectivity index (χ1v) is 5.46. The Morgan fingerprint density at radius 2 is 1.73 bits per heavy atom. The molecule has 0 unspecified atom stereocenters. The molecule has 0 N–H and O–H groups in total. The van der Waals surface area contributed by atoms with Crippen molar-refractivity contribution < 1.29 is 4.74 Å². The summed E-state index contributed by atoms with van der Waals surface area (Å²) in [4.78, 5) is 0. The van der Waals surface area contributed by atoms with Gasteiger partial charge in [0.1, 0.15) is 5.75 Å². The van der Waals surface area contributed by atoms with Crippen molar-refractivity contribution in [2.45, 2.75) is 47.0 Å². The topological polar surface area (TPSA) is 9.23 Å². The van der Waals surface area contributed by atoms with Crippen molar-refractivity contribution in [2.75, 3.05) is 6.61 Å². The Kier molecular flexibility index (Phi) is 6.85. The fourth-order valence-electron chi connectivity index (χ4n) is 1.28. The number of ether oxygens (including phenoxy) is 1. The van der Waals surface area contributed by atoms with E-state index in [1.54, 1.807) is 0 Å². The van der Waals surface area contributed by atoms with Gasteiger partial charge in [0.15, 0.2) is 0 Å². The lowest BCUT2D eigenvalue weighted by Gasteiger charge is -2.08. The fourth-order valence-corrected chi connectivity index (χ4v) is 1.28. The van der Waals surface area contributed by atoms with Gasteiger partial charge in [0.2, 0.25) is 0 Å². The third-order valence-electron chi connectivity index (χ3n) is 2.31. The van der Waals surface area contributed by atoms with Gasteiger partial charge in [-0.2, -0.15) is 0 Å². The van der Waals surface area contributed by atoms with Crippen LogP contribution < -0.4 is 4.74 Å². The van der Waals surface area contributed by atoms with Crippen LogP contribution in [0.2, 0.25) is 0 Å². The molecule has 1 nitrogen and oxygen atoms in total. The SMILES string of the molecule is C.CCCCOc1ccc(C(C)C)cc1. The molecule has 0 heterocycles. The van der Waals surface area contributed by atoms with Crippen LogP contribution >= 0.6 is 0 Å². The molecule has 1 aromatic rings. The molecule has 0 spiro atoms. The minimum absolute atomic E-state index is 0. The molecule has 0 saturated carbocycles. The van der Waals surface area contributed by atoms with E-state index in [4.69, 9.17) is 4.74 Å². The summed E-state index contributed by atoms with van der Waals surface area (Å²) in [6.07, 6.45) is 2.32. The van der Waals surface area contributed by atoms with E-state index >= 15 is 0 Å². The summed E-state index contributed by atoms with van der Waals surface area (Å²) >= 11 is 0. The first kappa shape index (κ1) is 14.0. The predicted octanol–water partition coefficient (Wildman–Crippen LogP) is 4.63. The van der Waals surface area contributed by atoms with Crippen molar-refractivity contribution in [3.8, 4) is 5.75 Å². The van der Waals surface area contributed by atoms with E-state index in [-0.39, 0.29) is 7.43 Å². The van der Waals surface area contributed by atoms with Gasteiger partial charge < -0.3 is 4.74 Å². The van der Waals surface area contributed by atoms with E-state index in [0.717, 1.165) is 18.8 Å². The largest absolute Gasteiger partial charge is 0.494 e. The maximum atomic E-state index is 5.58. The third kappa shape index (κ3) is 4.87. The maximum Gasteiger partial charge on any atom is 0.119 e. The summed E-state index contributed by atoms with van der Waals surface area (Å²) in [6.45, 7) is 7.41. The van der Waals surface area contributed by atoms with Gasteiger partial charge in [-0.15, -0.1) is 0 Å². The smallest absolute Gasteiger partial charge is 0.119 e. The molecule has 0 aliphatic rings. The lowest BCUT2D eigenvalue weighted by molar-refractivity contribution is 0.309. The molecule has 1 heteroatoms. The zero-order valence-electron chi connectivity index (χ0n) is 9.42. The standard InChI is InChI=1S/C13H20O.CH4/c1-4-5-10-14-13-8-6-12(7-9-13)11(2)3;/h6-9,11H,4-5,10H2,1-3H3;1H4. The second-order valence-corrected chi connectivity index (χ2v) is 3.93. The number of benzene rings is 1. The van der Waals surface area contributed by atoms with Crippen LogP contribution in [0.15, 0.2) is 24.3 Å². The van der Waals surface area contributed by atoms with E-state index in [0.29, 0.717) is 5.92 Å². The van der Waals surface area contributed by atoms with Crippen LogP contribution in [0.1, 0.15) is 52.5 Å². The highest BCUT2D eigenvalue weighted by molar-refractivity contribution is 5.28. The van der Waals surface area contributed by atoms with Gasteiger partial charge >= 0.3 is 0 Å². The molecular weight excluding hydrogens is 184 g/mol. The van der Waals surface area contributed by atoms with E-state index in [2.05, 4.69) is 45.0 Å². The predicted molar refractivity (Wildman–Crippen MR) is 67.7 cm³/mol. The van der Waals surface area contributed by atoms with Gasteiger partial charge in [-0.1, -0.05) is 46.8 Å². The normalized spacial score (nSPS) is 9.87. The fraction of sp³-hybridized carbons (Fsp3) is 0.571. The first-order chi connectivity index (χ1) is 6.74. The van der Waals surface area contributed by atoms with Gasteiger partial charge in [0.05, 0.1) is 6.61 Å². The van der Waals surface area contributed by atoms with Crippen LogP contribution in [0.4, 0.5) is 0 Å². The molecular formula is C14H24O. The summed E-state index contributed by atoms with van der Waals surface area (Å²) in [7, 11) is 0. The van der Waals surface area contributed by atoms with Crippen molar-refractivity contribution in [1.82, 2.24) is 0 Å². The molecule has 0 radical (unpaired) electrons. The summed E-state index contributed by atoms with van der Waals surface area (Å²) in [5.41, 5.74) is 1.37. The molecule has 1 rings (SSSR count). The van der Waals surface area contributed by atoms with E-state index in [1.807, 2.05) is 0 Å². The first-order valence-electron chi connectivity index (χ1n) is 5.46. The third-order valence-corrected chi connectivity index (χ3v) is 2.31. The number of unbranched alkanes of at least 4 members (excludes halogenated alkanes) is 1. The summed E-state index contributed by atoms with van der Waals surface area (Å²) in [5, 5.41) is 0. The van der Waals surface area contributed by atoms with Crippen LogP contribution in [0.3, 0.4) is 0 Å². The van der Waals surface area contributed by atoms with Gasteiger partial charge in [-0.25, -0.2) is 0 Å². The highest BCUT2D eigenvalue weighted by Crippen LogP contribution is 2.18. The van der Waals surface area contributed by atoms with Crippen LogP contribution in [0.5, 0.6) is 5.75 Å². The lowest BCUT2D eigenvalue weighted by atomic mass is 10.0. The average Bonchev–Trinajstić information content (AvgIpc) is 2.19. The van der Waals surface area contributed by atoms with Gasteiger partial charge in [0.25, 0.3) is 0 Å². The van der Waals surface area contributed by atoms with Gasteiger partial charge in [-0.05, 0) is 30.0 Å². The van der Waals surface area contributed by atoms with Crippen molar-refractivity contribution in [3.05, 3.63) is 29.8 Å². The Morgan fingerprint density at radius 1 is 1.13 bits per heavy atom. The van der Waals surface area contributed by atoms with E-state index in [9.17, 15) is 0 Å². The second kappa shape index (κ2) is 7.33. The number of rotatable bonds is 5. The van der Waals surface area contributed by atoms with Crippen LogP contribution in [0, 0.1) is 0 Å². The van der Waals surface area contributed by atoms with Crippen LogP contribution in [-0.4, -0.2) is 6.61 Å². The lowest BCUT2D eigenvalue weighted by Crippen LogP contribution is -1.96. The molecule has 0 fully saturated rings. The summed E-state index contributed by atoms with van der Waals surface area (Å²) in [5.74, 6) is 1.59. The van der Waals surface area contributed by atoms with Gasteiger partial charge in [0, 0.05) is 0 Å². The Morgan fingerprint density at radius 3 is 2.20 bits per heavy atom. The number of hydrogen-bond donors (Lipinski definition) is 0. The molecule has 86 valence electrons. The second-order valence-electron chi connectivity index (χ2n) is 3.93. The molecule has 0 bridgehead atoms. The highest BCUT2D eigenvalue weighted by atomic mass is 16.5. The van der Waals surface area contributed by atoms with Crippen molar-refractivity contribution in [3.63, 3.8) is 0 Å². The molecule has 1 aromatic carbocycles. The van der Waals surface area contributed by atoms with E-state index in [1.165, 1.54) is 12.0 Å². The van der Waals surface area contributed by atoms with E-state index < -0.39 is 0 Å². The zero-order valence-corrected chi connectivity index (χ0v) is 9.42.